The molecule has 2 atom stereocenters. The summed E-state index contributed by atoms with van der Waals surface area (Å²) in [6.45, 7) is 9.87. The van der Waals surface area contributed by atoms with E-state index < -0.39 is 0 Å². The Kier molecular flexibility index (Phi) is 6.12. The minimum atomic E-state index is 0.273. The van der Waals surface area contributed by atoms with Crippen molar-refractivity contribution >= 4 is 12.7 Å². The molecule has 0 aliphatic carbocycles. The van der Waals surface area contributed by atoms with Crippen molar-refractivity contribution in [1.29, 1.82) is 0 Å². The van der Waals surface area contributed by atoms with E-state index in [1.54, 1.807) is 0 Å². The second-order valence-corrected chi connectivity index (χ2v) is 3.62. The van der Waals surface area contributed by atoms with Gasteiger partial charge in [-0.25, -0.2) is 0 Å². The average Bonchev–Trinajstić information content (AvgIpc) is 2.18. The fourth-order valence-electron chi connectivity index (χ4n) is 1.75. The lowest BCUT2D eigenvalue weighted by atomic mass is 10.1. The fraction of sp³-hybridized carbons (Fsp3) is 0.800. The summed E-state index contributed by atoms with van der Waals surface area (Å²) in [6.07, 6.45) is 0.624. The van der Waals surface area contributed by atoms with Crippen molar-refractivity contribution in [2.45, 2.75) is 39.3 Å². The normalized spacial score (nSPS) is 26.4. The molecule has 1 fully saturated rings. The van der Waals surface area contributed by atoms with E-state index in [-0.39, 0.29) is 5.91 Å². The van der Waals surface area contributed by atoms with Crippen LogP contribution >= 0.6 is 0 Å². The first-order valence-electron chi connectivity index (χ1n) is 4.96. The summed E-state index contributed by atoms with van der Waals surface area (Å²) in [5.41, 5.74) is 0. The highest BCUT2D eigenvalue weighted by atomic mass is 16.2. The Balaban J connectivity index is 0.000000791. The molecular formula is C10H20N2O2. The SMILES string of the molecule is C=O.CCC(=O)N1CC(C)NC(C)C1. The van der Waals surface area contributed by atoms with Crippen LogP contribution in [0.5, 0.6) is 0 Å². The van der Waals surface area contributed by atoms with Gasteiger partial charge in [0.1, 0.15) is 6.79 Å². The highest BCUT2D eigenvalue weighted by molar-refractivity contribution is 5.76. The van der Waals surface area contributed by atoms with Crippen molar-refractivity contribution in [3.05, 3.63) is 0 Å². The third kappa shape index (κ3) is 3.87. The Morgan fingerprint density at radius 2 is 1.79 bits per heavy atom. The molecule has 0 radical (unpaired) electrons. The van der Waals surface area contributed by atoms with E-state index in [1.807, 2.05) is 18.6 Å². The minimum Gasteiger partial charge on any atom is -0.340 e. The summed E-state index contributed by atoms with van der Waals surface area (Å²) in [4.78, 5) is 21.3. The van der Waals surface area contributed by atoms with Gasteiger partial charge in [0.15, 0.2) is 0 Å². The van der Waals surface area contributed by atoms with Crippen molar-refractivity contribution in [3.8, 4) is 0 Å². The molecule has 1 aliphatic heterocycles. The predicted octanol–water partition coefficient (Wildman–Crippen LogP) is 0.420. The summed E-state index contributed by atoms with van der Waals surface area (Å²) in [6, 6.07) is 0.869. The number of hydrogen-bond acceptors (Lipinski definition) is 3. The number of amides is 1. The van der Waals surface area contributed by atoms with Crippen molar-refractivity contribution in [2.24, 2.45) is 0 Å². The van der Waals surface area contributed by atoms with Crippen LogP contribution in [0.4, 0.5) is 0 Å². The van der Waals surface area contributed by atoms with Gasteiger partial charge in [-0.2, -0.15) is 0 Å². The van der Waals surface area contributed by atoms with Crippen molar-refractivity contribution in [1.82, 2.24) is 10.2 Å². The molecule has 4 nitrogen and oxygen atoms in total. The van der Waals surface area contributed by atoms with E-state index in [2.05, 4.69) is 19.2 Å². The maximum atomic E-state index is 11.4. The van der Waals surface area contributed by atoms with Gasteiger partial charge in [-0.1, -0.05) is 6.92 Å². The van der Waals surface area contributed by atoms with Gasteiger partial charge in [-0.15, -0.1) is 0 Å². The third-order valence-corrected chi connectivity index (χ3v) is 2.21. The van der Waals surface area contributed by atoms with Crippen LogP contribution in [-0.4, -0.2) is 42.8 Å². The summed E-state index contributed by atoms with van der Waals surface area (Å²) < 4.78 is 0. The predicted molar refractivity (Wildman–Crippen MR) is 56.1 cm³/mol. The van der Waals surface area contributed by atoms with Gasteiger partial charge in [0.2, 0.25) is 5.91 Å². The molecule has 0 aromatic carbocycles. The van der Waals surface area contributed by atoms with Gasteiger partial charge in [-0.05, 0) is 13.8 Å². The average molecular weight is 200 g/mol. The molecule has 1 heterocycles. The lowest BCUT2D eigenvalue weighted by molar-refractivity contribution is -0.132. The van der Waals surface area contributed by atoms with E-state index in [0.717, 1.165) is 13.1 Å². The number of piperazine rings is 1. The van der Waals surface area contributed by atoms with E-state index in [0.29, 0.717) is 18.5 Å². The molecule has 14 heavy (non-hydrogen) atoms. The molecule has 1 amide bonds. The molecule has 4 heteroatoms. The van der Waals surface area contributed by atoms with Gasteiger partial charge < -0.3 is 15.0 Å². The van der Waals surface area contributed by atoms with E-state index in [4.69, 9.17) is 4.79 Å². The summed E-state index contributed by atoms with van der Waals surface area (Å²) >= 11 is 0. The Bertz CT molecular complexity index is 175. The first kappa shape index (κ1) is 13.1. The Morgan fingerprint density at radius 3 is 2.14 bits per heavy atom. The molecule has 1 aliphatic rings. The zero-order valence-corrected chi connectivity index (χ0v) is 9.25. The molecule has 0 aromatic heterocycles. The zero-order chi connectivity index (χ0) is 11.1. The van der Waals surface area contributed by atoms with Crippen LogP contribution in [0.1, 0.15) is 27.2 Å². The Hall–Kier alpha value is -0.900. The highest BCUT2D eigenvalue weighted by Gasteiger charge is 2.23. The van der Waals surface area contributed by atoms with E-state index in [9.17, 15) is 4.79 Å². The van der Waals surface area contributed by atoms with Crippen LogP contribution in [0.15, 0.2) is 0 Å². The highest BCUT2D eigenvalue weighted by Crippen LogP contribution is 2.05. The third-order valence-electron chi connectivity index (χ3n) is 2.21. The van der Waals surface area contributed by atoms with E-state index in [1.165, 1.54) is 0 Å². The van der Waals surface area contributed by atoms with E-state index >= 15 is 0 Å². The molecule has 1 saturated heterocycles. The summed E-state index contributed by atoms with van der Waals surface area (Å²) in [7, 11) is 0. The minimum absolute atomic E-state index is 0.273. The molecule has 1 N–H and O–H groups in total. The number of nitrogens with zero attached hydrogens (tertiary/aromatic N) is 1. The van der Waals surface area contributed by atoms with Crippen LogP contribution < -0.4 is 5.32 Å². The molecule has 1 rings (SSSR count). The number of rotatable bonds is 1. The molecule has 0 spiro atoms. The monoisotopic (exact) mass is 200 g/mol. The first-order chi connectivity index (χ1) is 6.63. The van der Waals surface area contributed by atoms with Crippen LogP contribution in [-0.2, 0) is 9.59 Å². The Labute approximate surface area is 85.7 Å². The number of carbonyl (C=O) groups is 2. The van der Waals surface area contributed by atoms with Gasteiger partial charge >= 0.3 is 0 Å². The fourth-order valence-corrected chi connectivity index (χ4v) is 1.75. The summed E-state index contributed by atoms with van der Waals surface area (Å²) in [5.74, 6) is 0.273. The number of hydrogen-bond donors (Lipinski definition) is 1. The maximum absolute atomic E-state index is 11.4. The maximum Gasteiger partial charge on any atom is 0.222 e. The van der Waals surface area contributed by atoms with Crippen LogP contribution in [0.3, 0.4) is 0 Å². The van der Waals surface area contributed by atoms with Gasteiger partial charge in [0.05, 0.1) is 0 Å². The molecule has 0 bridgehead atoms. The van der Waals surface area contributed by atoms with Crippen molar-refractivity contribution in [2.75, 3.05) is 13.1 Å². The molecular weight excluding hydrogens is 180 g/mol. The van der Waals surface area contributed by atoms with Gasteiger partial charge in [0, 0.05) is 31.6 Å². The largest absolute Gasteiger partial charge is 0.340 e. The lowest BCUT2D eigenvalue weighted by Crippen LogP contribution is -2.55. The van der Waals surface area contributed by atoms with Crippen molar-refractivity contribution in [3.63, 3.8) is 0 Å². The zero-order valence-electron chi connectivity index (χ0n) is 9.25. The van der Waals surface area contributed by atoms with Crippen LogP contribution in [0.2, 0.25) is 0 Å². The molecule has 0 saturated carbocycles. The quantitative estimate of drug-likeness (QED) is 0.667. The number of nitrogens with one attached hydrogen (secondary N) is 1. The van der Waals surface area contributed by atoms with Gasteiger partial charge in [0.25, 0.3) is 0 Å². The summed E-state index contributed by atoms with van der Waals surface area (Å²) in [5, 5.41) is 3.39. The Morgan fingerprint density at radius 1 is 1.36 bits per heavy atom. The molecule has 0 aromatic rings. The number of carbonyl (C=O) groups excluding carboxylic acids is 2. The lowest BCUT2D eigenvalue weighted by Gasteiger charge is -2.36. The standard InChI is InChI=1S/C9H18N2O.CH2O/c1-4-9(12)11-5-7(2)10-8(3)6-11;1-2/h7-8,10H,4-6H2,1-3H3;1H2. The van der Waals surface area contributed by atoms with Gasteiger partial charge in [-0.3, -0.25) is 4.79 Å². The van der Waals surface area contributed by atoms with Crippen molar-refractivity contribution < 1.29 is 9.59 Å². The second-order valence-electron chi connectivity index (χ2n) is 3.62. The van der Waals surface area contributed by atoms with Crippen LogP contribution in [0.25, 0.3) is 0 Å². The smallest absolute Gasteiger partial charge is 0.222 e. The molecule has 82 valence electrons. The topological polar surface area (TPSA) is 49.4 Å². The first-order valence-corrected chi connectivity index (χ1v) is 4.96. The molecule has 2 unspecified atom stereocenters. The van der Waals surface area contributed by atoms with Crippen LogP contribution in [0, 0.1) is 0 Å². The second kappa shape index (κ2) is 6.54.